The Bertz CT molecular complexity index is 830. The fourth-order valence-corrected chi connectivity index (χ4v) is 4.79. The first kappa shape index (κ1) is 19.4. The fraction of sp³-hybridized carbons (Fsp3) is 0.400. The first-order valence-corrected chi connectivity index (χ1v) is 10.1. The lowest BCUT2D eigenvalue weighted by atomic mass is 10.1. The molecule has 1 aromatic heterocycles. The largest absolute Gasteiger partial charge is 0.494 e. The van der Waals surface area contributed by atoms with Gasteiger partial charge in [-0.1, -0.05) is 0 Å². The summed E-state index contributed by atoms with van der Waals surface area (Å²) >= 11 is 1.49. The molecule has 7 heteroatoms. The number of carbonyl (C=O) groups excluding carboxylic acids is 2. The summed E-state index contributed by atoms with van der Waals surface area (Å²) < 4.78 is 5.45. The number of rotatable bonds is 8. The number of anilines is 1. The summed E-state index contributed by atoms with van der Waals surface area (Å²) in [6.45, 7) is 3.64. The second-order valence-corrected chi connectivity index (χ2v) is 7.97. The molecule has 0 radical (unpaired) electrons. The van der Waals surface area contributed by atoms with E-state index in [1.165, 1.54) is 16.2 Å². The quantitative estimate of drug-likeness (QED) is 0.639. The Morgan fingerprint density at radius 2 is 2.00 bits per heavy atom. The number of hydrogen-bond donors (Lipinski definition) is 3. The van der Waals surface area contributed by atoms with Crippen LogP contribution in [0.3, 0.4) is 0 Å². The monoisotopic (exact) mass is 388 g/mol. The van der Waals surface area contributed by atoms with Gasteiger partial charge in [0.25, 0.3) is 11.8 Å². The van der Waals surface area contributed by atoms with Gasteiger partial charge in [-0.15, -0.1) is 11.3 Å². The molecule has 0 aliphatic heterocycles. The summed E-state index contributed by atoms with van der Waals surface area (Å²) in [5.74, 6) is 0.280. The van der Waals surface area contributed by atoms with Gasteiger partial charge in [-0.25, -0.2) is 0 Å². The molecular weight excluding hydrogens is 362 g/mol. The van der Waals surface area contributed by atoms with Crippen molar-refractivity contribution in [2.45, 2.75) is 32.7 Å². The van der Waals surface area contributed by atoms with Crippen LogP contribution in [0.4, 0.5) is 5.00 Å². The highest BCUT2D eigenvalue weighted by atomic mass is 32.1. The number of quaternary nitrogens is 1. The van der Waals surface area contributed by atoms with E-state index in [1.807, 2.05) is 38.2 Å². The molecule has 0 spiro atoms. The van der Waals surface area contributed by atoms with E-state index in [9.17, 15) is 9.59 Å². The maximum Gasteiger partial charge on any atom is 0.280 e. The van der Waals surface area contributed by atoms with Crippen LogP contribution in [-0.4, -0.2) is 32.0 Å². The maximum absolute atomic E-state index is 12.5. The van der Waals surface area contributed by atoms with Crippen molar-refractivity contribution in [3.8, 4) is 5.75 Å². The van der Waals surface area contributed by atoms with Crippen molar-refractivity contribution in [1.82, 2.24) is 0 Å². The number of ether oxygens (including phenoxy) is 1. The number of hydrogen-bond acceptors (Lipinski definition) is 4. The first-order chi connectivity index (χ1) is 13.0. The number of likely N-dealkylation sites (N-methyl/N-ethyl adjacent to an activating group) is 1. The van der Waals surface area contributed by atoms with Gasteiger partial charge in [0.1, 0.15) is 17.3 Å². The summed E-state index contributed by atoms with van der Waals surface area (Å²) in [6, 6.07) is 7.92. The predicted molar refractivity (Wildman–Crippen MR) is 107 cm³/mol. The lowest BCUT2D eigenvalue weighted by Gasteiger charge is -2.14. The average molecular weight is 389 g/mol. The van der Waals surface area contributed by atoms with Gasteiger partial charge in [0.2, 0.25) is 0 Å². The van der Waals surface area contributed by atoms with Gasteiger partial charge in [0.05, 0.1) is 19.2 Å². The zero-order chi connectivity index (χ0) is 19.4. The summed E-state index contributed by atoms with van der Waals surface area (Å²) in [6.07, 6.45) is 2.87. The molecule has 0 fully saturated rings. The van der Waals surface area contributed by atoms with Crippen LogP contribution in [0.2, 0.25) is 0 Å². The molecule has 2 aromatic rings. The van der Waals surface area contributed by atoms with E-state index in [-0.39, 0.29) is 5.91 Å². The SMILES string of the molecule is CCOc1ccc(C[NH+](C)CC(=O)Nc2sc3c(c2C(N)=O)CCC3)cc1. The van der Waals surface area contributed by atoms with Crippen LogP contribution in [0.5, 0.6) is 5.75 Å². The third kappa shape index (κ3) is 4.67. The number of fused-ring (bicyclic) bond motifs is 1. The van der Waals surface area contributed by atoms with Gasteiger partial charge >= 0.3 is 0 Å². The fourth-order valence-electron chi connectivity index (χ4n) is 3.48. The van der Waals surface area contributed by atoms with Crippen LogP contribution < -0.4 is 20.7 Å². The average Bonchev–Trinajstić information content (AvgIpc) is 3.16. The highest BCUT2D eigenvalue weighted by Crippen LogP contribution is 2.38. The predicted octanol–water partition coefficient (Wildman–Crippen LogP) is 1.39. The number of primary amides is 1. The number of thiophene rings is 1. The van der Waals surface area contributed by atoms with Crippen molar-refractivity contribution in [1.29, 1.82) is 0 Å². The van der Waals surface area contributed by atoms with E-state index < -0.39 is 5.91 Å². The standard InChI is InChI=1S/C20H25N3O3S/c1-3-26-14-9-7-13(8-10-14)11-23(2)12-17(24)22-20-18(19(21)25)15-5-4-6-16(15)27-20/h7-10H,3-6,11-12H2,1-2H3,(H2,21,25)(H,22,24)/p+1. The van der Waals surface area contributed by atoms with Crippen molar-refractivity contribution in [3.63, 3.8) is 0 Å². The molecule has 1 aromatic carbocycles. The highest BCUT2D eigenvalue weighted by molar-refractivity contribution is 7.17. The molecular formula is C20H26N3O3S+. The van der Waals surface area contributed by atoms with Crippen molar-refractivity contribution in [3.05, 3.63) is 45.8 Å². The first-order valence-electron chi connectivity index (χ1n) is 9.25. The Labute approximate surface area is 163 Å². The second kappa shape index (κ2) is 8.54. The lowest BCUT2D eigenvalue weighted by Crippen LogP contribution is -3.08. The molecule has 2 amide bonds. The van der Waals surface area contributed by atoms with E-state index in [0.717, 1.165) is 47.6 Å². The van der Waals surface area contributed by atoms with E-state index >= 15 is 0 Å². The molecule has 27 heavy (non-hydrogen) atoms. The molecule has 1 heterocycles. The van der Waals surface area contributed by atoms with Crippen LogP contribution >= 0.6 is 11.3 Å². The molecule has 4 N–H and O–H groups in total. The molecule has 3 rings (SSSR count). The van der Waals surface area contributed by atoms with Crippen LogP contribution in [0.1, 0.15) is 39.7 Å². The highest BCUT2D eigenvalue weighted by Gasteiger charge is 2.26. The van der Waals surface area contributed by atoms with Crippen LogP contribution in [-0.2, 0) is 24.2 Å². The third-order valence-corrected chi connectivity index (χ3v) is 5.83. The molecule has 0 saturated heterocycles. The summed E-state index contributed by atoms with van der Waals surface area (Å²) in [7, 11) is 1.97. The normalized spacial score (nSPS) is 13.9. The lowest BCUT2D eigenvalue weighted by molar-refractivity contribution is -0.885. The van der Waals surface area contributed by atoms with Gasteiger partial charge in [-0.2, -0.15) is 0 Å². The van der Waals surface area contributed by atoms with Crippen molar-refractivity contribution >= 4 is 28.2 Å². The Morgan fingerprint density at radius 3 is 2.67 bits per heavy atom. The van der Waals surface area contributed by atoms with Crippen molar-refractivity contribution in [2.75, 3.05) is 25.5 Å². The zero-order valence-corrected chi connectivity index (χ0v) is 16.6. The van der Waals surface area contributed by atoms with Crippen molar-refractivity contribution in [2.24, 2.45) is 5.73 Å². The van der Waals surface area contributed by atoms with E-state index in [2.05, 4.69) is 5.32 Å². The summed E-state index contributed by atoms with van der Waals surface area (Å²) in [4.78, 5) is 26.5. The Balaban J connectivity index is 1.58. The molecule has 144 valence electrons. The Morgan fingerprint density at radius 1 is 1.26 bits per heavy atom. The minimum Gasteiger partial charge on any atom is -0.494 e. The van der Waals surface area contributed by atoms with E-state index in [0.29, 0.717) is 23.7 Å². The third-order valence-electron chi connectivity index (χ3n) is 4.62. The number of nitrogens with one attached hydrogen (secondary N) is 2. The molecule has 1 aliphatic carbocycles. The smallest absolute Gasteiger partial charge is 0.280 e. The van der Waals surface area contributed by atoms with Crippen LogP contribution in [0.25, 0.3) is 0 Å². The number of benzene rings is 1. The minimum atomic E-state index is -0.459. The molecule has 0 bridgehead atoms. The minimum absolute atomic E-state index is 0.110. The zero-order valence-electron chi connectivity index (χ0n) is 15.8. The number of carbonyl (C=O) groups is 2. The van der Waals surface area contributed by atoms with Gasteiger partial charge in [0.15, 0.2) is 6.54 Å². The van der Waals surface area contributed by atoms with Crippen molar-refractivity contribution < 1.29 is 19.2 Å². The van der Waals surface area contributed by atoms with E-state index in [4.69, 9.17) is 10.5 Å². The maximum atomic E-state index is 12.5. The summed E-state index contributed by atoms with van der Waals surface area (Å²) in [5, 5.41) is 3.50. The molecule has 1 aliphatic rings. The number of aryl methyl sites for hydroxylation is 1. The number of amides is 2. The van der Waals surface area contributed by atoms with Gasteiger partial charge in [0, 0.05) is 10.4 Å². The number of nitrogens with two attached hydrogens (primary N) is 1. The van der Waals surface area contributed by atoms with Gasteiger partial charge in [-0.3, -0.25) is 9.59 Å². The molecule has 1 atom stereocenters. The molecule has 1 unspecified atom stereocenters. The van der Waals surface area contributed by atoms with Crippen LogP contribution in [0, 0.1) is 0 Å². The van der Waals surface area contributed by atoms with Gasteiger partial charge < -0.3 is 20.7 Å². The second-order valence-electron chi connectivity index (χ2n) is 6.86. The Kier molecular flexibility index (Phi) is 6.13. The molecule has 6 nitrogen and oxygen atoms in total. The molecule has 0 saturated carbocycles. The summed E-state index contributed by atoms with van der Waals surface area (Å²) in [5.41, 5.74) is 8.21. The van der Waals surface area contributed by atoms with E-state index in [1.54, 1.807) is 0 Å². The van der Waals surface area contributed by atoms with Gasteiger partial charge in [-0.05, 0) is 56.0 Å². The van der Waals surface area contributed by atoms with Crippen LogP contribution in [0.15, 0.2) is 24.3 Å². The topological polar surface area (TPSA) is 85.9 Å². The Hall–Kier alpha value is -2.38.